The van der Waals surface area contributed by atoms with Crippen molar-refractivity contribution < 1.29 is 13.5 Å². The van der Waals surface area contributed by atoms with Gasteiger partial charge in [0, 0.05) is 29.3 Å². The van der Waals surface area contributed by atoms with Gasteiger partial charge >= 0.3 is 0 Å². The fourth-order valence-corrected chi connectivity index (χ4v) is 3.29. The highest BCUT2D eigenvalue weighted by molar-refractivity contribution is 7.89. The molecule has 1 heterocycles. The van der Waals surface area contributed by atoms with Gasteiger partial charge in [0.05, 0.1) is 6.10 Å². The smallest absolute Gasteiger partial charge is 0.242 e. The summed E-state index contributed by atoms with van der Waals surface area (Å²) in [5.41, 5.74) is 6.89. The number of fused-ring (bicyclic) bond motifs is 1. The van der Waals surface area contributed by atoms with Crippen molar-refractivity contribution in [1.82, 2.24) is 9.71 Å². The Kier molecular flexibility index (Phi) is 4.32. The first-order valence-corrected chi connectivity index (χ1v) is 7.96. The number of nitrogens with one attached hydrogen (secondary N) is 2. The quantitative estimate of drug-likeness (QED) is 0.600. The maximum atomic E-state index is 12.2. The van der Waals surface area contributed by atoms with E-state index in [2.05, 4.69) is 9.71 Å². The van der Waals surface area contributed by atoms with Crippen molar-refractivity contribution in [2.24, 2.45) is 0 Å². The second kappa shape index (κ2) is 5.82. The largest absolute Gasteiger partial charge is 0.399 e. The number of aromatic amines is 1. The summed E-state index contributed by atoms with van der Waals surface area (Å²) in [6, 6.07) is 5.05. The van der Waals surface area contributed by atoms with E-state index in [1.807, 2.05) is 6.92 Å². The van der Waals surface area contributed by atoms with Crippen molar-refractivity contribution in [1.29, 1.82) is 0 Å². The number of benzene rings is 1. The molecule has 0 aliphatic carbocycles. The van der Waals surface area contributed by atoms with Crippen LogP contribution < -0.4 is 10.5 Å². The van der Waals surface area contributed by atoms with E-state index in [9.17, 15) is 13.5 Å². The van der Waals surface area contributed by atoms with Crippen LogP contribution in [-0.4, -0.2) is 31.2 Å². The van der Waals surface area contributed by atoms with Crippen LogP contribution in [0.3, 0.4) is 0 Å². The van der Waals surface area contributed by atoms with E-state index in [0.717, 1.165) is 6.42 Å². The fourth-order valence-electron chi connectivity index (χ4n) is 2.05. The summed E-state index contributed by atoms with van der Waals surface area (Å²) in [7, 11) is -3.67. The van der Waals surface area contributed by atoms with E-state index < -0.39 is 16.1 Å². The lowest BCUT2D eigenvalue weighted by atomic mass is 10.2. The van der Waals surface area contributed by atoms with Crippen LogP contribution in [0.25, 0.3) is 10.9 Å². The minimum absolute atomic E-state index is 0.00512. The van der Waals surface area contributed by atoms with Crippen molar-refractivity contribution in [2.75, 3.05) is 12.3 Å². The van der Waals surface area contributed by atoms with E-state index in [1.165, 1.54) is 6.20 Å². The summed E-state index contributed by atoms with van der Waals surface area (Å²) in [6.45, 7) is 1.94. The lowest BCUT2D eigenvalue weighted by Crippen LogP contribution is -2.32. The van der Waals surface area contributed by atoms with Crippen LogP contribution in [0.5, 0.6) is 0 Å². The van der Waals surface area contributed by atoms with Gasteiger partial charge in [0.25, 0.3) is 0 Å². The molecule has 0 aliphatic rings. The monoisotopic (exact) mass is 297 g/mol. The summed E-state index contributed by atoms with van der Waals surface area (Å²) >= 11 is 0. The molecule has 20 heavy (non-hydrogen) atoms. The highest BCUT2D eigenvalue weighted by Gasteiger charge is 2.19. The standard InChI is InChI=1S/C13H19N3O3S/c1-2-3-10(17)7-16-20(18,19)13-8-15-12-5-4-9(14)6-11(12)13/h4-6,8,10,15-17H,2-3,7,14H2,1H3. The average molecular weight is 297 g/mol. The van der Waals surface area contributed by atoms with E-state index in [0.29, 0.717) is 23.0 Å². The Balaban J connectivity index is 2.25. The first kappa shape index (κ1) is 14.8. The number of hydrogen-bond acceptors (Lipinski definition) is 4. The Morgan fingerprint density at radius 2 is 2.20 bits per heavy atom. The average Bonchev–Trinajstić information content (AvgIpc) is 2.80. The van der Waals surface area contributed by atoms with E-state index >= 15 is 0 Å². The molecule has 6 nitrogen and oxygen atoms in total. The maximum absolute atomic E-state index is 12.2. The number of nitrogens with two attached hydrogens (primary N) is 1. The summed E-state index contributed by atoms with van der Waals surface area (Å²) < 4.78 is 26.9. The molecule has 110 valence electrons. The number of anilines is 1. The molecular formula is C13H19N3O3S. The molecule has 0 radical (unpaired) electrons. The summed E-state index contributed by atoms with van der Waals surface area (Å²) in [4.78, 5) is 3.04. The number of nitrogen functional groups attached to an aromatic ring is 1. The Bertz CT molecular complexity index is 694. The number of aliphatic hydroxyl groups is 1. The van der Waals surface area contributed by atoms with Gasteiger partial charge in [0.1, 0.15) is 4.90 Å². The molecular weight excluding hydrogens is 278 g/mol. The van der Waals surface area contributed by atoms with Crippen LogP contribution in [0.4, 0.5) is 5.69 Å². The van der Waals surface area contributed by atoms with Crippen LogP contribution >= 0.6 is 0 Å². The third kappa shape index (κ3) is 3.12. The Morgan fingerprint density at radius 3 is 2.90 bits per heavy atom. The Hall–Kier alpha value is -1.57. The molecule has 7 heteroatoms. The van der Waals surface area contributed by atoms with Gasteiger partial charge in [-0.1, -0.05) is 13.3 Å². The van der Waals surface area contributed by atoms with Crippen LogP contribution in [0.2, 0.25) is 0 Å². The number of sulfonamides is 1. The van der Waals surface area contributed by atoms with Gasteiger partial charge in [0.2, 0.25) is 10.0 Å². The zero-order chi connectivity index (χ0) is 14.8. The van der Waals surface area contributed by atoms with Crippen LogP contribution in [-0.2, 0) is 10.0 Å². The molecule has 1 aromatic heterocycles. The molecule has 1 atom stereocenters. The molecule has 0 fully saturated rings. The zero-order valence-corrected chi connectivity index (χ0v) is 12.1. The number of H-pyrrole nitrogens is 1. The minimum atomic E-state index is -3.67. The fraction of sp³-hybridized carbons (Fsp3) is 0.385. The number of hydrogen-bond donors (Lipinski definition) is 4. The zero-order valence-electron chi connectivity index (χ0n) is 11.3. The van der Waals surface area contributed by atoms with Gasteiger partial charge in [-0.15, -0.1) is 0 Å². The molecule has 0 saturated heterocycles. The third-order valence-electron chi connectivity index (χ3n) is 3.09. The van der Waals surface area contributed by atoms with E-state index in [4.69, 9.17) is 5.73 Å². The summed E-state index contributed by atoms with van der Waals surface area (Å²) in [6.07, 6.45) is 2.11. The van der Waals surface area contributed by atoms with E-state index in [1.54, 1.807) is 18.2 Å². The van der Waals surface area contributed by atoms with Crippen molar-refractivity contribution in [2.45, 2.75) is 30.8 Å². The second-order valence-electron chi connectivity index (χ2n) is 4.75. The predicted octanol–water partition coefficient (Wildman–Crippen LogP) is 1.19. The highest BCUT2D eigenvalue weighted by Crippen LogP contribution is 2.24. The predicted molar refractivity (Wildman–Crippen MR) is 78.8 cm³/mol. The Labute approximate surface area is 118 Å². The second-order valence-corrected chi connectivity index (χ2v) is 6.49. The van der Waals surface area contributed by atoms with Crippen molar-refractivity contribution in [3.8, 4) is 0 Å². The van der Waals surface area contributed by atoms with Crippen LogP contribution in [0.1, 0.15) is 19.8 Å². The van der Waals surface area contributed by atoms with Crippen LogP contribution in [0.15, 0.2) is 29.3 Å². The number of rotatable bonds is 6. The molecule has 0 aliphatic heterocycles. The van der Waals surface area contributed by atoms with E-state index in [-0.39, 0.29) is 11.4 Å². The normalized spacial score (nSPS) is 13.7. The maximum Gasteiger partial charge on any atom is 0.242 e. The molecule has 0 bridgehead atoms. The lowest BCUT2D eigenvalue weighted by Gasteiger charge is -2.10. The van der Waals surface area contributed by atoms with Gasteiger partial charge in [-0.25, -0.2) is 13.1 Å². The molecule has 0 spiro atoms. The van der Waals surface area contributed by atoms with Gasteiger partial charge < -0.3 is 15.8 Å². The van der Waals surface area contributed by atoms with Gasteiger partial charge in [-0.3, -0.25) is 0 Å². The van der Waals surface area contributed by atoms with Crippen molar-refractivity contribution >= 4 is 26.6 Å². The number of aromatic nitrogens is 1. The third-order valence-corrected chi connectivity index (χ3v) is 4.55. The molecule has 0 saturated carbocycles. The van der Waals surface area contributed by atoms with Crippen molar-refractivity contribution in [3.05, 3.63) is 24.4 Å². The van der Waals surface area contributed by atoms with Gasteiger partial charge in [-0.2, -0.15) is 0 Å². The Morgan fingerprint density at radius 1 is 1.45 bits per heavy atom. The van der Waals surface area contributed by atoms with Crippen molar-refractivity contribution in [3.63, 3.8) is 0 Å². The molecule has 1 aromatic carbocycles. The molecule has 0 amide bonds. The number of aliphatic hydroxyl groups excluding tert-OH is 1. The van der Waals surface area contributed by atoms with Gasteiger partial charge in [0.15, 0.2) is 0 Å². The molecule has 2 aromatic rings. The van der Waals surface area contributed by atoms with Gasteiger partial charge in [-0.05, 0) is 24.6 Å². The topological polar surface area (TPSA) is 108 Å². The molecule has 5 N–H and O–H groups in total. The highest BCUT2D eigenvalue weighted by atomic mass is 32.2. The SMILES string of the molecule is CCCC(O)CNS(=O)(=O)c1c[nH]c2ccc(N)cc12. The lowest BCUT2D eigenvalue weighted by molar-refractivity contribution is 0.167. The summed E-state index contributed by atoms with van der Waals surface area (Å²) in [5, 5.41) is 10.2. The summed E-state index contributed by atoms with van der Waals surface area (Å²) in [5.74, 6) is 0. The molecule has 2 rings (SSSR count). The van der Waals surface area contributed by atoms with Crippen LogP contribution in [0, 0.1) is 0 Å². The minimum Gasteiger partial charge on any atom is -0.399 e. The molecule has 1 unspecified atom stereocenters. The first-order chi connectivity index (χ1) is 9.44. The first-order valence-electron chi connectivity index (χ1n) is 6.48.